The average Bonchev–Trinajstić information content (AvgIpc) is 2.16. The zero-order valence-electron chi connectivity index (χ0n) is 10.2. The molecule has 88 valence electrons. The maximum Gasteiger partial charge on any atom is 0.0601 e. The molecule has 0 bridgehead atoms. The van der Waals surface area contributed by atoms with Gasteiger partial charge >= 0.3 is 0 Å². The Morgan fingerprint density at radius 1 is 1.33 bits per heavy atom. The number of hydrogen-bond donors (Lipinski definition) is 1. The van der Waals surface area contributed by atoms with Crippen LogP contribution in [0.4, 0.5) is 0 Å². The van der Waals surface area contributed by atoms with E-state index < -0.39 is 0 Å². The number of piperazine rings is 1. The minimum Gasteiger partial charge on any atom is -0.381 e. The van der Waals surface area contributed by atoms with Crippen LogP contribution in [-0.4, -0.2) is 49.8 Å². The van der Waals surface area contributed by atoms with Crippen LogP contribution < -0.4 is 5.32 Å². The third kappa shape index (κ3) is 2.52. The van der Waals surface area contributed by atoms with Crippen molar-refractivity contribution in [1.29, 1.82) is 0 Å². The van der Waals surface area contributed by atoms with Gasteiger partial charge in [-0.05, 0) is 18.8 Å². The first-order chi connectivity index (χ1) is 7.20. The minimum absolute atomic E-state index is 0.530. The Balaban J connectivity index is 1.78. The second-order valence-corrected chi connectivity index (χ2v) is 5.28. The molecule has 2 aliphatic rings. The zero-order valence-corrected chi connectivity index (χ0v) is 10.2. The smallest absolute Gasteiger partial charge is 0.0601 e. The molecular formula is C12H24N2O. The molecule has 1 unspecified atom stereocenters. The molecule has 1 N–H and O–H groups in total. The van der Waals surface area contributed by atoms with Crippen LogP contribution in [0.15, 0.2) is 0 Å². The summed E-state index contributed by atoms with van der Waals surface area (Å²) in [5, 5.41) is 3.60. The summed E-state index contributed by atoms with van der Waals surface area (Å²) in [6.45, 7) is 8.19. The fourth-order valence-electron chi connectivity index (χ4n) is 2.61. The van der Waals surface area contributed by atoms with Crippen molar-refractivity contribution in [1.82, 2.24) is 10.2 Å². The summed E-state index contributed by atoms with van der Waals surface area (Å²) in [6.07, 6.45) is 3.00. The van der Waals surface area contributed by atoms with Crippen LogP contribution in [0.2, 0.25) is 0 Å². The second kappa shape index (κ2) is 4.81. The summed E-state index contributed by atoms with van der Waals surface area (Å²) < 4.78 is 5.34. The monoisotopic (exact) mass is 212 g/mol. The van der Waals surface area contributed by atoms with Crippen LogP contribution in [0.1, 0.15) is 26.7 Å². The molecule has 0 amide bonds. The first-order valence-corrected chi connectivity index (χ1v) is 6.21. The van der Waals surface area contributed by atoms with Gasteiger partial charge in [0.15, 0.2) is 0 Å². The Bertz CT molecular complexity index is 202. The summed E-state index contributed by atoms with van der Waals surface area (Å²) in [5.74, 6) is 0.742. The van der Waals surface area contributed by atoms with E-state index in [9.17, 15) is 0 Å². The highest BCUT2D eigenvalue weighted by Crippen LogP contribution is 2.28. The maximum absolute atomic E-state index is 5.34. The lowest BCUT2D eigenvalue weighted by molar-refractivity contribution is -0.0366. The maximum atomic E-state index is 5.34. The van der Waals surface area contributed by atoms with Crippen LogP contribution in [-0.2, 0) is 4.74 Å². The summed E-state index contributed by atoms with van der Waals surface area (Å²) in [4.78, 5) is 2.65. The van der Waals surface area contributed by atoms with Gasteiger partial charge in [0.05, 0.1) is 6.10 Å². The van der Waals surface area contributed by atoms with Crippen molar-refractivity contribution >= 4 is 0 Å². The van der Waals surface area contributed by atoms with Gasteiger partial charge in [-0.15, -0.1) is 0 Å². The van der Waals surface area contributed by atoms with Crippen LogP contribution >= 0.6 is 0 Å². The Labute approximate surface area is 93.2 Å². The van der Waals surface area contributed by atoms with Crippen molar-refractivity contribution in [2.45, 2.75) is 44.9 Å². The molecule has 3 heteroatoms. The van der Waals surface area contributed by atoms with Crippen LogP contribution in [0.3, 0.4) is 0 Å². The molecule has 0 radical (unpaired) electrons. The minimum atomic E-state index is 0.530. The van der Waals surface area contributed by atoms with Gasteiger partial charge in [-0.3, -0.25) is 4.90 Å². The Morgan fingerprint density at radius 3 is 2.67 bits per heavy atom. The highest BCUT2D eigenvalue weighted by atomic mass is 16.5. The molecule has 0 spiro atoms. The van der Waals surface area contributed by atoms with Crippen molar-refractivity contribution in [3.05, 3.63) is 0 Å². The molecule has 0 aromatic carbocycles. The second-order valence-electron chi connectivity index (χ2n) is 5.28. The predicted molar refractivity (Wildman–Crippen MR) is 62.0 cm³/mol. The molecule has 1 atom stereocenters. The molecular weight excluding hydrogens is 188 g/mol. The fraction of sp³-hybridized carbons (Fsp3) is 1.00. The van der Waals surface area contributed by atoms with Crippen molar-refractivity contribution in [3.8, 4) is 0 Å². The van der Waals surface area contributed by atoms with E-state index in [1.807, 2.05) is 7.11 Å². The highest BCUT2D eigenvalue weighted by molar-refractivity contribution is 4.92. The lowest BCUT2D eigenvalue weighted by atomic mass is 9.86. The number of methoxy groups -OCH3 is 1. The van der Waals surface area contributed by atoms with E-state index in [2.05, 4.69) is 24.1 Å². The number of hydrogen-bond acceptors (Lipinski definition) is 3. The van der Waals surface area contributed by atoms with Crippen molar-refractivity contribution in [2.24, 2.45) is 5.92 Å². The van der Waals surface area contributed by atoms with E-state index >= 15 is 0 Å². The van der Waals surface area contributed by atoms with Gasteiger partial charge in [0, 0.05) is 38.8 Å². The van der Waals surface area contributed by atoms with Crippen LogP contribution in [0.5, 0.6) is 0 Å². The Morgan fingerprint density at radius 2 is 2.07 bits per heavy atom. The van der Waals surface area contributed by atoms with Crippen LogP contribution in [0.25, 0.3) is 0 Å². The van der Waals surface area contributed by atoms with Crippen molar-refractivity contribution in [3.63, 3.8) is 0 Å². The number of nitrogens with zero attached hydrogens (tertiary/aromatic N) is 1. The first kappa shape index (κ1) is 11.4. The van der Waals surface area contributed by atoms with Gasteiger partial charge < -0.3 is 10.1 Å². The van der Waals surface area contributed by atoms with Crippen molar-refractivity contribution in [2.75, 3.05) is 26.7 Å². The Kier molecular flexibility index (Phi) is 3.65. The SMILES string of the molecule is COC1CC(N2CCNC(C(C)C)C2)C1. The van der Waals surface area contributed by atoms with Gasteiger partial charge in [-0.25, -0.2) is 0 Å². The van der Waals surface area contributed by atoms with E-state index in [1.165, 1.54) is 25.9 Å². The van der Waals surface area contributed by atoms with Gasteiger partial charge in [0.1, 0.15) is 0 Å². The summed E-state index contributed by atoms with van der Waals surface area (Å²) in [7, 11) is 1.83. The quantitative estimate of drug-likeness (QED) is 0.758. The van der Waals surface area contributed by atoms with E-state index in [0.717, 1.165) is 18.5 Å². The molecule has 1 saturated carbocycles. The van der Waals surface area contributed by atoms with Gasteiger partial charge in [-0.2, -0.15) is 0 Å². The molecule has 1 saturated heterocycles. The van der Waals surface area contributed by atoms with Gasteiger partial charge in [0.25, 0.3) is 0 Å². The third-order valence-electron chi connectivity index (χ3n) is 3.96. The average molecular weight is 212 g/mol. The molecule has 15 heavy (non-hydrogen) atoms. The summed E-state index contributed by atoms with van der Waals surface area (Å²) in [6, 6.07) is 1.47. The first-order valence-electron chi connectivity index (χ1n) is 6.21. The molecule has 0 aromatic heterocycles. The van der Waals surface area contributed by atoms with E-state index in [0.29, 0.717) is 12.1 Å². The number of ether oxygens (including phenoxy) is 1. The van der Waals surface area contributed by atoms with E-state index in [1.54, 1.807) is 0 Å². The third-order valence-corrected chi connectivity index (χ3v) is 3.96. The topological polar surface area (TPSA) is 24.5 Å². The van der Waals surface area contributed by atoms with Crippen molar-refractivity contribution < 1.29 is 4.74 Å². The molecule has 3 nitrogen and oxygen atoms in total. The molecule has 1 aliphatic carbocycles. The summed E-state index contributed by atoms with van der Waals surface area (Å²) in [5.41, 5.74) is 0. The van der Waals surface area contributed by atoms with E-state index in [-0.39, 0.29) is 0 Å². The van der Waals surface area contributed by atoms with Gasteiger partial charge in [-0.1, -0.05) is 13.8 Å². The highest BCUT2D eigenvalue weighted by Gasteiger charge is 2.36. The molecule has 0 aromatic rings. The number of rotatable bonds is 3. The molecule has 2 fully saturated rings. The normalized spacial score (nSPS) is 38.0. The number of nitrogens with one attached hydrogen (secondary N) is 1. The standard InChI is InChI=1S/C12H24N2O/c1-9(2)12-8-14(5-4-13-12)10-6-11(7-10)15-3/h9-13H,4-8H2,1-3H3. The lowest BCUT2D eigenvalue weighted by Gasteiger charge is -2.46. The lowest BCUT2D eigenvalue weighted by Crippen LogP contribution is -2.59. The molecule has 1 heterocycles. The molecule has 2 rings (SSSR count). The molecule has 1 aliphatic heterocycles. The van der Waals surface area contributed by atoms with Crippen LogP contribution in [0, 0.1) is 5.92 Å². The Hall–Kier alpha value is -0.120. The zero-order chi connectivity index (χ0) is 10.8. The fourth-order valence-corrected chi connectivity index (χ4v) is 2.61. The van der Waals surface area contributed by atoms with E-state index in [4.69, 9.17) is 4.74 Å². The summed E-state index contributed by atoms with van der Waals surface area (Å²) >= 11 is 0. The largest absolute Gasteiger partial charge is 0.381 e. The predicted octanol–water partition coefficient (Wildman–Crippen LogP) is 1.09. The van der Waals surface area contributed by atoms with Gasteiger partial charge in [0.2, 0.25) is 0 Å².